The van der Waals surface area contributed by atoms with Crippen molar-refractivity contribution in [2.24, 2.45) is 17.8 Å². The Morgan fingerprint density at radius 3 is 2.18 bits per heavy atom. The number of carbonyl (C=O) groups is 3. The van der Waals surface area contributed by atoms with Crippen LogP contribution < -0.4 is 15.0 Å². The number of hydrogen-bond acceptors (Lipinski definition) is 4. The fourth-order valence-electron chi connectivity index (χ4n) is 8.07. The Kier molecular flexibility index (Phi) is 5.22. The molecule has 4 bridgehead atoms. The Bertz CT molecular complexity index is 1480. The van der Waals surface area contributed by atoms with Crippen LogP contribution in [0.15, 0.2) is 66.2 Å². The molecule has 192 valence electrons. The Morgan fingerprint density at radius 2 is 1.53 bits per heavy atom. The lowest BCUT2D eigenvalue weighted by Gasteiger charge is -2.57. The number of fused-ring (bicyclic) bond motifs is 1. The summed E-state index contributed by atoms with van der Waals surface area (Å²) in [6.07, 6.45) is 9.41. The van der Waals surface area contributed by atoms with Crippen LogP contribution in [0.3, 0.4) is 0 Å². The maximum atomic E-state index is 13.6. The molecule has 4 aliphatic carbocycles. The minimum atomic E-state index is -0.732. The van der Waals surface area contributed by atoms with E-state index in [0.29, 0.717) is 17.0 Å². The van der Waals surface area contributed by atoms with E-state index >= 15 is 0 Å². The minimum absolute atomic E-state index is 0.107. The lowest BCUT2D eigenvalue weighted by Crippen LogP contribution is -2.54. The van der Waals surface area contributed by atoms with E-state index in [1.54, 1.807) is 7.11 Å². The summed E-state index contributed by atoms with van der Waals surface area (Å²) in [7, 11) is 1.55. The molecule has 0 unspecified atom stereocenters. The molecule has 3 aromatic rings. The summed E-state index contributed by atoms with van der Waals surface area (Å²) in [4.78, 5) is 40.4. The van der Waals surface area contributed by atoms with Gasteiger partial charge in [0.15, 0.2) is 0 Å². The van der Waals surface area contributed by atoms with Crippen LogP contribution in [0.2, 0.25) is 0 Å². The van der Waals surface area contributed by atoms with Crippen LogP contribution in [-0.4, -0.2) is 25.0 Å². The van der Waals surface area contributed by atoms with Gasteiger partial charge in [-0.15, -0.1) is 0 Å². The summed E-state index contributed by atoms with van der Waals surface area (Å²) >= 11 is 0. The number of barbiturate groups is 1. The number of ether oxygens (including phenoxy) is 1. The number of imide groups is 2. The molecule has 5 fully saturated rings. The summed E-state index contributed by atoms with van der Waals surface area (Å²) in [6, 6.07) is 18.6. The fraction of sp³-hybridized carbons (Fsp3) is 0.344. The Balaban J connectivity index is 1.23. The van der Waals surface area contributed by atoms with Crippen molar-refractivity contribution in [3.63, 3.8) is 0 Å². The van der Waals surface area contributed by atoms with Gasteiger partial charge >= 0.3 is 6.03 Å². The Hall–Kier alpha value is -3.93. The first-order valence-electron chi connectivity index (χ1n) is 13.5. The molecule has 38 heavy (non-hydrogen) atoms. The minimum Gasteiger partial charge on any atom is -0.496 e. The van der Waals surface area contributed by atoms with E-state index in [2.05, 4.69) is 17.4 Å². The Labute approximate surface area is 221 Å². The van der Waals surface area contributed by atoms with E-state index in [0.717, 1.165) is 33.4 Å². The predicted molar refractivity (Wildman–Crippen MR) is 146 cm³/mol. The number of amides is 4. The van der Waals surface area contributed by atoms with Crippen LogP contribution in [0.1, 0.15) is 49.7 Å². The molecular formula is C32H30N2O4. The lowest BCUT2D eigenvalue weighted by molar-refractivity contribution is -0.122. The van der Waals surface area contributed by atoms with Crippen molar-refractivity contribution in [3.8, 4) is 5.75 Å². The summed E-state index contributed by atoms with van der Waals surface area (Å²) in [5.74, 6) is 1.69. The van der Waals surface area contributed by atoms with E-state index in [1.165, 1.54) is 50.2 Å². The average Bonchev–Trinajstić information content (AvgIpc) is 2.90. The van der Waals surface area contributed by atoms with Gasteiger partial charge in [-0.1, -0.05) is 42.5 Å². The van der Waals surface area contributed by atoms with Crippen molar-refractivity contribution in [1.29, 1.82) is 0 Å². The molecule has 6 heteroatoms. The molecule has 1 heterocycles. The summed E-state index contributed by atoms with van der Waals surface area (Å²) in [5.41, 5.74) is 2.52. The normalized spacial score (nSPS) is 29.3. The third-order valence-electron chi connectivity index (χ3n) is 9.32. The molecule has 5 aliphatic rings. The maximum absolute atomic E-state index is 13.6. The van der Waals surface area contributed by atoms with E-state index in [9.17, 15) is 14.4 Å². The number of benzene rings is 3. The SMILES string of the molecule is COc1ccc2ccccc2c1/C=C1/C(=O)NC(=O)N(c2ccc(C34CC5CC(CC(C5)C3)C4)cc2)C1=O. The van der Waals surface area contributed by atoms with Gasteiger partial charge in [-0.05, 0) is 102 Å². The van der Waals surface area contributed by atoms with Gasteiger partial charge in [0.05, 0.1) is 12.8 Å². The van der Waals surface area contributed by atoms with Crippen molar-refractivity contribution in [2.45, 2.75) is 43.9 Å². The first-order chi connectivity index (χ1) is 18.4. The number of nitrogens with zero attached hydrogens (tertiary/aromatic N) is 1. The van der Waals surface area contributed by atoms with Crippen LogP contribution in [0.25, 0.3) is 16.8 Å². The largest absolute Gasteiger partial charge is 0.496 e. The lowest BCUT2D eigenvalue weighted by atomic mass is 9.48. The predicted octanol–water partition coefficient (Wildman–Crippen LogP) is 5.98. The zero-order chi connectivity index (χ0) is 26.0. The van der Waals surface area contributed by atoms with Crippen molar-refractivity contribution in [3.05, 3.63) is 77.4 Å². The molecule has 0 spiro atoms. The molecule has 0 aromatic heterocycles. The molecule has 3 aromatic carbocycles. The fourth-order valence-corrected chi connectivity index (χ4v) is 8.07. The van der Waals surface area contributed by atoms with E-state index in [-0.39, 0.29) is 11.0 Å². The van der Waals surface area contributed by atoms with Gasteiger partial charge in [0.1, 0.15) is 11.3 Å². The smallest absolute Gasteiger partial charge is 0.335 e. The zero-order valence-electron chi connectivity index (χ0n) is 21.4. The van der Waals surface area contributed by atoms with Crippen molar-refractivity contribution in [1.82, 2.24) is 5.32 Å². The molecule has 1 N–H and O–H groups in total. The zero-order valence-corrected chi connectivity index (χ0v) is 21.4. The molecule has 4 saturated carbocycles. The highest BCUT2D eigenvalue weighted by molar-refractivity contribution is 6.39. The van der Waals surface area contributed by atoms with E-state index < -0.39 is 17.8 Å². The summed E-state index contributed by atoms with van der Waals surface area (Å²) in [6.45, 7) is 0. The standard InChI is InChI=1S/C32H30N2O4/c1-38-28-11-6-22-4-2-3-5-25(22)26(28)15-27-29(35)33-31(37)34(30(27)36)24-9-7-23(8-10-24)32-16-19-12-20(17-32)14-21(13-19)18-32/h2-11,15,19-21H,12-14,16-18H2,1H3,(H,33,35,37)/b27-15-. The second kappa shape index (κ2) is 8.55. The highest BCUT2D eigenvalue weighted by atomic mass is 16.5. The average molecular weight is 507 g/mol. The van der Waals surface area contributed by atoms with E-state index in [1.807, 2.05) is 48.5 Å². The monoisotopic (exact) mass is 506 g/mol. The summed E-state index contributed by atoms with van der Waals surface area (Å²) < 4.78 is 5.54. The highest BCUT2D eigenvalue weighted by Crippen LogP contribution is 2.60. The van der Waals surface area contributed by atoms with Gasteiger partial charge in [-0.2, -0.15) is 0 Å². The van der Waals surface area contributed by atoms with Gasteiger partial charge in [0.2, 0.25) is 0 Å². The van der Waals surface area contributed by atoms with Crippen molar-refractivity contribution in [2.75, 3.05) is 12.0 Å². The molecular weight excluding hydrogens is 476 g/mol. The molecule has 0 radical (unpaired) electrons. The number of methoxy groups -OCH3 is 1. The first-order valence-corrected chi connectivity index (χ1v) is 13.5. The third-order valence-corrected chi connectivity index (χ3v) is 9.32. The number of urea groups is 1. The molecule has 8 rings (SSSR count). The number of anilines is 1. The van der Waals surface area contributed by atoms with Gasteiger partial charge in [0, 0.05) is 5.56 Å². The molecule has 0 atom stereocenters. The summed E-state index contributed by atoms with van der Waals surface area (Å²) in [5, 5.41) is 4.16. The van der Waals surface area contributed by atoms with Crippen LogP contribution in [0.4, 0.5) is 10.5 Å². The number of hydrogen-bond donors (Lipinski definition) is 1. The maximum Gasteiger partial charge on any atom is 0.335 e. The van der Waals surface area contributed by atoms with Crippen molar-refractivity contribution >= 4 is 40.4 Å². The molecule has 6 nitrogen and oxygen atoms in total. The van der Waals surface area contributed by atoms with Crippen molar-refractivity contribution < 1.29 is 19.1 Å². The molecule has 1 aliphatic heterocycles. The van der Waals surface area contributed by atoms with Gasteiger partial charge in [-0.25, -0.2) is 9.69 Å². The first kappa shape index (κ1) is 23.2. The molecule has 1 saturated heterocycles. The second-order valence-electron chi connectivity index (χ2n) is 11.6. The number of rotatable bonds is 4. The van der Waals surface area contributed by atoms with Crippen LogP contribution >= 0.6 is 0 Å². The second-order valence-corrected chi connectivity index (χ2v) is 11.6. The van der Waals surface area contributed by atoms with Crippen LogP contribution in [-0.2, 0) is 15.0 Å². The highest BCUT2D eigenvalue weighted by Gasteiger charge is 2.51. The van der Waals surface area contributed by atoms with E-state index in [4.69, 9.17) is 4.74 Å². The quantitative estimate of drug-likeness (QED) is 0.349. The third kappa shape index (κ3) is 3.57. The number of carbonyl (C=O) groups excluding carboxylic acids is 3. The molecule has 4 amide bonds. The van der Waals surface area contributed by atoms with Crippen LogP contribution in [0, 0.1) is 17.8 Å². The van der Waals surface area contributed by atoms with Gasteiger partial charge < -0.3 is 4.74 Å². The van der Waals surface area contributed by atoms with Gasteiger partial charge in [-0.3, -0.25) is 14.9 Å². The Morgan fingerprint density at radius 1 is 0.868 bits per heavy atom. The van der Waals surface area contributed by atoms with Crippen LogP contribution in [0.5, 0.6) is 5.75 Å². The van der Waals surface area contributed by atoms with Gasteiger partial charge in [0.25, 0.3) is 11.8 Å². The topological polar surface area (TPSA) is 75.7 Å². The number of nitrogens with one attached hydrogen (secondary N) is 1.